The van der Waals surface area contributed by atoms with Crippen LogP contribution in [0.5, 0.6) is 0 Å². The molecule has 2 atom stereocenters. The van der Waals surface area contributed by atoms with Gasteiger partial charge in [-0.15, -0.1) is 0 Å². The van der Waals surface area contributed by atoms with Gasteiger partial charge in [0.15, 0.2) is 0 Å². The first-order valence-electron chi connectivity index (χ1n) is 14.4. The van der Waals surface area contributed by atoms with Gasteiger partial charge >= 0.3 is 0 Å². The number of primary sulfonamides is 1. The molecule has 2 aromatic rings. The van der Waals surface area contributed by atoms with Crippen LogP contribution in [0.1, 0.15) is 80.0 Å². The molecule has 3 heterocycles. The molecule has 200 valence electrons. The molecule has 37 heavy (non-hydrogen) atoms. The molecule has 6 nitrogen and oxygen atoms in total. The van der Waals surface area contributed by atoms with Crippen molar-refractivity contribution in [2.75, 3.05) is 49.1 Å². The van der Waals surface area contributed by atoms with Crippen LogP contribution in [-0.4, -0.2) is 52.6 Å². The standard InChI is InChI=1S/C30H42N4O2S/c1-22-10-12-26-27(20-22)33(17-16-32-14-6-3-7-15-32)18-19-34-28-21-24(37(31,35)36)11-13-25(28)29(30(26)34)23-8-4-2-5-9-23/h10-13,20-21,23,29-30H,2-9,14-19H2,1H3,(H2,31,35,36). The maximum atomic E-state index is 12.3. The van der Waals surface area contributed by atoms with E-state index in [4.69, 9.17) is 5.14 Å². The van der Waals surface area contributed by atoms with Gasteiger partial charge < -0.3 is 14.7 Å². The summed E-state index contributed by atoms with van der Waals surface area (Å²) in [5.41, 5.74) is 6.49. The monoisotopic (exact) mass is 522 g/mol. The fourth-order valence-corrected chi connectivity index (χ4v) is 8.11. The Morgan fingerprint density at radius 3 is 2.30 bits per heavy atom. The van der Waals surface area contributed by atoms with Crippen molar-refractivity contribution in [3.63, 3.8) is 0 Å². The Labute approximate surface area is 222 Å². The summed E-state index contributed by atoms with van der Waals surface area (Å²) < 4.78 is 24.6. The molecule has 2 aromatic carbocycles. The van der Waals surface area contributed by atoms with Gasteiger partial charge in [0.1, 0.15) is 0 Å². The molecule has 0 amide bonds. The molecule has 7 heteroatoms. The topological polar surface area (TPSA) is 69.9 Å². The predicted molar refractivity (Wildman–Crippen MR) is 151 cm³/mol. The van der Waals surface area contributed by atoms with E-state index in [1.807, 2.05) is 6.07 Å². The number of piperidine rings is 1. The van der Waals surface area contributed by atoms with E-state index in [0.717, 1.165) is 31.9 Å². The van der Waals surface area contributed by atoms with Crippen LogP contribution >= 0.6 is 0 Å². The van der Waals surface area contributed by atoms with Gasteiger partial charge in [-0.05, 0) is 86.5 Å². The van der Waals surface area contributed by atoms with Gasteiger partial charge in [0, 0.05) is 43.5 Å². The molecule has 0 aromatic heterocycles. The largest absolute Gasteiger partial charge is 0.368 e. The number of rotatable bonds is 5. The molecule has 0 spiro atoms. The first-order valence-corrected chi connectivity index (χ1v) is 16.0. The lowest BCUT2D eigenvalue weighted by Crippen LogP contribution is -2.39. The van der Waals surface area contributed by atoms with Crippen molar-refractivity contribution in [2.45, 2.75) is 75.1 Å². The normalized spacial score (nSPS) is 24.9. The number of aryl methyl sites for hydroxylation is 1. The van der Waals surface area contributed by atoms with Crippen LogP contribution in [0.25, 0.3) is 0 Å². The minimum absolute atomic E-state index is 0.227. The maximum absolute atomic E-state index is 12.3. The third-order valence-electron chi connectivity index (χ3n) is 9.42. The zero-order chi connectivity index (χ0) is 25.6. The van der Waals surface area contributed by atoms with E-state index in [1.54, 1.807) is 6.07 Å². The van der Waals surface area contributed by atoms with E-state index in [0.29, 0.717) is 11.8 Å². The van der Waals surface area contributed by atoms with Crippen LogP contribution in [0.15, 0.2) is 41.3 Å². The van der Waals surface area contributed by atoms with Crippen molar-refractivity contribution < 1.29 is 8.42 Å². The summed E-state index contributed by atoms with van der Waals surface area (Å²) in [6.45, 7) is 8.62. The Morgan fingerprint density at radius 1 is 0.811 bits per heavy atom. The zero-order valence-corrected chi connectivity index (χ0v) is 23.1. The molecule has 6 rings (SSSR count). The zero-order valence-electron chi connectivity index (χ0n) is 22.2. The second-order valence-corrected chi connectivity index (χ2v) is 13.3. The minimum atomic E-state index is -3.75. The molecule has 1 saturated carbocycles. The summed E-state index contributed by atoms with van der Waals surface area (Å²) in [6.07, 6.45) is 10.4. The third-order valence-corrected chi connectivity index (χ3v) is 10.3. The Hall–Kier alpha value is -2.09. The molecular formula is C30H42N4O2S. The van der Waals surface area contributed by atoms with Crippen molar-refractivity contribution in [3.8, 4) is 0 Å². The number of likely N-dealkylation sites (tertiary alicyclic amines) is 1. The number of sulfonamides is 1. The summed E-state index contributed by atoms with van der Waals surface area (Å²) in [6, 6.07) is 12.9. The van der Waals surface area contributed by atoms with Crippen molar-refractivity contribution in [1.82, 2.24) is 4.90 Å². The second-order valence-electron chi connectivity index (χ2n) is 11.8. The van der Waals surface area contributed by atoms with Crippen molar-refractivity contribution >= 4 is 21.4 Å². The van der Waals surface area contributed by atoms with Gasteiger partial charge in [-0.25, -0.2) is 13.6 Å². The molecule has 0 radical (unpaired) electrons. The first-order chi connectivity index (χ1) is 17.9. The minimum Gasteiger partial charge on any atom is -0.368 e. The lowest BCUT2D eigenvalue weighted by atomic mass is 9.73. The summed E-state index contributed by atoms with van der Waals surface area (Å²) in [7, 11) is -3.75. The van der Waals surface area contributed by atoms with Gasteiger partial charge in [-0.2, -0.15) is 0 Å². The average molecular weight is 523 g/mol. The summed E-state index contributed by atoms with van der Waals surface area (Å²) >= 11 is 0. The number of anilines is 2. The van der Waals surface area contributed by atoms with Crippen molar-refractivity contribution in [3.05, 3.63) is 53.1 Å². The summed E-state index contributed by atoms with van der Waals surface area (Å²) in [5, 5.41) is 5.59. The van der Waals surface area contributed by atoms with E-state index in [9.17, 15) is 8.42 Å². The fourth-order valence-electron chi connectivity index (χ4n) is 7.57. The smallest absolute Gasteiger partial charge is 0.238 e. The summed E-state index contributed by atoms with van der Waals surface area (Å²) in [5.74, 6) is 1.00. The Kier molecular flexibility index (Phi) is 6.97. The fraction of sp³-hybridized carbons (Fsp3) is 0.600. The molecule has 2 fully saturated rings. The average Bonchev–Trinajstić information content (AvgIpc) is 3.14. The molecule has 0 bridgehead atoms. The van der Waals surface area contributed by atoms with Crippen LogP contribution in [0.3, 0.4) is 0 Å². The quantitative estimate of drug-likeness (QED) is 0.586. The van der Waals surface area contributed by atoms with Gasteiger partial charge in [0.05, 0.1) is 10.9 Å². The van der Waals surface area contributed by atoms with Crippen LogP contribution in [0.4, 0.5) is 11.4 Å². The number of nitrogens with two attached hydrogens (primary N) is 1. The highest BCUT2D eigenvalue weighted by Crippen LogP contribution is 2.57. The predicted octanol–water partition coefficient (Wildman–Crippen LogP) is 5.17. The molecule has 3 aliphatic heterocycles. The number of hydrogen-bond acceptors (Lipinski definition) is 5. The maximum Gasteiger partial charge on any atom is 0.238 e. The van der Waals surface area contributed by atoms with E-state index in [1.165, 1.54) is 86.8 Å². The van der Waals surface area contributed by atoms with E-state index < -0.39 is 10.0 Å². The summed E-state index contributed by atoms with van der Waals surface area (Å²) in [4.78, 5) is 7.99. The number of hydrogen-bond donors (Lipinski definition) is 1. The lowest BCUT2D eigenvalue weighted by Gasteiger charge is -2.35. The highest BCUT2D eigenvalue weighted by Gasteiger charge is 2.46. The number of benzene rings is 2. The highest BCUT2D eigenvalue weighted by molar-refractivity contribution is 7.89. The van der Waals surface area contributed by atoms with E-state index in [-0.39, 0.29) is 10.9 Å². The van der Waals surface area contributed by atoms with Gasteiger partial charge in [-0.1, -0.05) is 43.9 Å². The van der Waals surface area contributed by atoms with E-state index >= 15 is 0 Å². The Morgan fingerprint density at radius 2 is 1.54 bits per heavy atom. The van der Waals surface area contributed by atoms with Crippen LogP contribution in [0.2, 0.25) is 0 Å². The van der Waals surface area contributed by atoms with Crippen molar-refractivity contribution in [1.29, 1.82) is 0 Å². The van der Waals surface area contributed by atoms with Gasteiger partial charge in [0.2, 0.25) is 10.0 Å². The van der Waals surface area contributed by atoms with Crippen LogP contribution in [0, 0.1) is 12.8 Å². The number of fused-ring (bicyclic) bond motifs is 5. The van der Waals surface area contributed by atoms with Crippen molar-refractivity contribution in [2.24, 2.45) is 11.1 Å². The number of nitrogens with zero attached hydrogens (tertiary/aromatic N) is 3. The molecule has 2 N–H and O–H groups in total. The molecule has 2 unspecified atom stereocenters. The first kappa shape index (κ1) is 25.2. The molecule has 1 aliphatic carbocycles. The Bertz CT molecular complexity index is 1230. The lowest BCUT2D eigenvalue weighted by molar-refractivity contribution is 0.233. The van der Waals surface area contributed by atoms with Crippen LogP contribution in [-0.2, 0) is 10.0 Å². The molecule has 4 aliphatic rings. The second kappa shape index (κ2) is 10.2. The highest BCUT2D eigenvalue weighted by atomic mass is 32.2. The van der Waals surface area contributed by atoms with Gasteiger partial charge in [0.25, 0.3) is 0 Å². The van der Waals surface area contributed by atoms with Crippen LogP contribution < -0.4 is 14.9 Å². The SMILES string of the molecule is Cc1ccc2c(c1)N(CCN1CCCCC1)CCN1c3cc(S(N)(=O)=O)ccc3C(C3CCCCC3)C21. The Balaban J connectivity index is 1.41. The third kappa shape index (κ3) is 4.90. The molecular weight excluding hydrogens is 480 g/mol. The van der Waals surface area contributed by atoms with Gasteiger partial charge in [-0.3, -0.25) is 0 Å². The molecule has 1 saturated heterocycles. The van der Waals surface area contributed by atoms with E-state index in [2.05, 4.69) is 45.9 Å².